The molecule has 25 heavy (non-hydrogen) atoms. The molecule has 3 rings (SSSR count). The molecule has 0 aliphatic rings. The minimum Gasteiger partial charge on any atom is -0.352 e. The number of nitrogens with zero attached hydrogens (tertiary/aromatic N) is 1. The van der Waals surface area contributed by atoms with Crippen molar-refractivity contribution in [3.8, 4) is 10.6 Å². The van der Waals surface area contributed by atoms with Gasteiger partial charge in [-0.2, -0.15) is 0 Å². The summed E-state index contributed by atoms with van der Waals surface area (Å²) in [6.07, 6.45) is 5.54. The van der Waals surface area contributed by atoms with Gasteiger partial charge in [-0.1, -0.05) is 35.3 Å². The van der Waals surface area contributed by atoms with Crippen LogP contribution in [0.3, 0.4) is 0 Å². The van der Waals surface area contributed by atoms with Crippen molar-refractivity contribution in [1.29, 1.82) is 0 Å². The number of thiophene rings is 1. The summed E-state index contributed by atoms with van der Waals surface area (Å²) in [6.45, 7) is 0.519. The number of nitrogens with one attached hydrogen (secondary N) is 2. The summed E-state index contributed by atoms with van der Waals surface area (Å²) < 4.78 is 0. The summed E-state index contributed by atoms with van der Waals surface area (Å²) in [5, 5.41) is 5.83. The van der Waals surface area contributed by atoms with Crippen molar-refractivity contribution >= 4 is 46.5 Å². The van der Waals surface area contributed by atoms with Crippen molar-refractivity contribution in [3.05, 3.63) is 69.4 Å². The van der Waals surface area contributed by atoms with Gasteiger partial charge in [0, 0.05) is 24.7 Å². The fraction of sp³-hybridized carbons (Fsp3) is 0.111. The number of carbonyl (C=O) groups excluding carboxylic acids is 1. The molecule has 0 radical (unpaired) electrons. The molecule has 2 heterocycles. The first-order valence-electron chi connectivity index (χ1n) is 7.60. The van der Waals surface area contributed by atoms with Gasteiger partial charge in [-0.05, 0) is 35.2 Å². The summed E-state index contributed by atoms with van der Waals surface area (Å²) >= 11 is 13.5. The molecular weight excluding hydrogens is 377 g/mol. The lowest BCUT2D eigenvalue weighted by atomic mass is 10.2. The fourth-order valence-electron chi connectivity index (χ4n) is 2.29. The molecule has 2 aromatic heterocycles. The van der Waals surface area contributed by atoms with Crippen molar-refractivity contribution in [2.75, 3.05) is 6.54 Å². The number of imidazole rings is 1. The summed E-state index contributed by atoms with van der Waals surface area (Å²) in [7, 11) is 0. The molecule has 3 aromatic rings. The molecule has 0 fully saturated rings. The molecular formula is C18H15Cl2N3OS. The zero-order valence-corrected chi connectivity index (χ0v) is 15.5. The highest BCUT2D eigenvalue weighted by molar-refractivity contribution is 7.13. The summed E-state index contributed by atoms with van der Waals surface area (Å²) in [5.41, 5.74) is 2.77. The molecule has 4 nitrogen and oxygen atoms in total. The Morgan fingerprint density at radius 1 is 1.28 bits per heavy atom. The van der Waals surface area contributed by atoms with Gasteiger partial charge in [0.25, 0.3) is 0 Å². The van der Waals surface area contributed by atoms with E-state index in [0.29, 0.717) is 23.0 Å². The number of aromatic amines is 1. The van der Waals surface area contributed by atoms with Crippen molar-refractivity contribution < 1.29 is 4.79 Å². The second-order valence-corrected chi connectivity index (χ2v) is 7.02. The molecule has 0 spiro atoms. The summed E-state index contributed by atoms with van der Waals surface area (Å²) in [4.78, 5) is 20.5. The van der Waals surface area contributed by atoms with Crippen LogP contribution in [0.1, 0.15) is 11.3 Å². The fourth-order valence-corrected chi connectivity index (χ4v) is 3.35. The van der Waals surface area contributed by atoms with Crippen LogP contribution in [-0.2, 0) is 11.2 Å². The highest BCUT2D eigenvalue weighted by atomic mass is 35.5. The molecule has 0 saturated carbocycles. The maximum absolute atomic E-state index is 11.9. The minimum atomic E-state index is -0.164. The van der Waals surface area contributed by atoms with Crippen LogP contribution < -0.4 is 5.32 Å². The van der Waals surface area contributed by atoms with E-state index in [1.807, 2.05) is 17.5 Å². The van der Waals surface area contributed by atoms with Crippen LogP contribution in [0.2, 0.25) is 10.0 Å². The van der Waals surface area contributed by atoms with E-state index >= 15 is 0 Å². The predicted molar refractivity (Wildman–Crippen MR) is 104 cm³/mol. The zero-order valence-electron chi connectivity index (χ0n) is 13.1. The Balaban J connectivity index is 1.52. The summed E-state index contributed by atoms with van der Waals surface area (Å²) in [5.74, 6) is -0.164. The maximum atomic E-state index is 11.9. The molecule has 0 saturated heterocycles. The van der Waals surface area contributed by atoms with Gasteiger partial charge in [0.15, 0.2) is 0 Å². The maximum Gasteiger partial charge on any atom is 0.244 e. The SMILES string of the molecule is O=C(/C=C/c1ccc(Cl)c(Cl)c1)NCCc1[nH]cnc1-c1cccs1. The quantitative estimate of drug-likeness (QED) is 0.591. The predicted octanol–water partition coefficient (Wildman–Crippen LogP) is 4.82. The first-order chi connectivity index (χ1) is 12.1. The van der Waals surface area contributed by atoms with Crippen LogP contribution in [-0.4, -0.2) is 22.4 Å². The van der Waals surface area contributed by atoms with Gasteiger partial charge in [-0.3, -0.25) is 4.79 Å². The highest BCUT2D eigenvalue weighted by Crippen LogP contribution is 2.25. The number of H-pyrrole nitrogens is 1. The number of benzene rings is 1. The van der Waals surface area contributed by atoms with E-state index in [2.05, 4.69) is 15.3 Å². The second kappa shape index (κ2) is 8.34. The van der Waals surface area contributed by atoms with E-state index in [1.54, 1.807) is 41.9 Å². The van der Waals surface area contributed by atoms with E-state index in [9.17, 15) is 4.79 Å². The van der Waals surface area contributed by atoms with E-state index in [1.165, 1.54) is 6.08 Å². The lowest BCUT2D eigenvalue weighted by Crippen LogP contribution is -2.23. The largest absolute Gasteiger partial charge is 0.352 e. The number of hydrogen-bond acceptors (Lipinski definition) is 3. The van der Waals surface area contributed by atoms with Gasteiger partial charge in [0.2, 0.25) is 5.91 Å². The topological polar surface area (TPSA) is 57.8 Å². The van der Waals surface area contributed by atoms with Gasteiger partial charge in [-0.25, -0.2) is 4.98 Å². The van der Waals surface area contributed by atoms with Crippen molar-refractivity contribution in [1.82, 2.24) is 15.3 Å². The molecule has 128 valence electrons. The second-order valence-electron chi connectivity index (χ2n) is 5.25. The smallest absolute Gasteiger partial charge is 0.244 e. The molecule has 0 aliphatic heterocycles. The van der Waals surface area contributed by atoms with Gasteiger partial charge >= 0.3 is 0 Å². The van der Waals surface area contributed by atoms with Crippen LogP contribution in [0.5, 0.6) is 0 Å². The number of carbonyl (C=O) groups is 1. The van der Waals surface area contributed by atoms with Crippen molar-refractivity contribution in [3.63, 3.8) is 0 Å². The monoisotopic (exact) mass is 391 g/mol. The van der Waals surface area contributed by atoms with Gasteiger partial charge in [0.05, 0.1) is 21.2 Å². The van der Waals surface area contributed by atoms with E-state index in [0.717, 1.165) is 21.8 Å². The third kappa shape index (κ3) is 4.72. The van der Waals surface area contributed by atoms with Crippen LogP contribution in [0.15, 0.2) is 48.1 Å². The lowest BCUT2D eigenvalue weighted by molar-refractivity contribution is -0.116. The Bertz CT molecular complexity index is 888. The van der Waals surface area contributed by atoms with E-state index < -0.39 is 0 Å². The molecule has 1 amide bonds. The van der Waals surface area contributed by atoms with Crippen LogP contribution >= 0.6 is 34.5 Å². The highest BCUT2D eigenvalue weighted by Gasteiger charge is 2.09. The van der Waals surface area contributed by atoms with Gasteiger partial charge in [-0.15, -0.1) is 11.3 Å². The van der Waals surface area contributed by atoms with Gasteiger partial charge < -0.3 is 10.3 Å². The van der Waals surface area contributed by atoms with Crippen LogP contribution in [0, 0.1) is 0 Å². The van der Waals surface area contributed by atoms with Gasteiger partial charge in [0.1, 0.15) is 5.69 Å². The minimum absolute atomic E-state index is 0.164. The van der Waals surface area contributed by atoms with Crippen molar-refractivity contribution in [2.24, 2.45) is 0 Å². The Hall–Kier alpha value is -2.08. The molecule has 0 aliphatic carbocycles. The third-order valence-corrected chi connectivity index (χ3v) is 5.13. The Labute approximate surface area is 159 Å². The summed E-state index contributed by atoms with van der Waals surface area (Å²) in [6, 6.07) is 9.24. The zero-order chi connectivity index (χ0) is 17.6. The molecule has 0 bridgehead atoms. The average Bonchev–Trinajstić information content (AvgIpc) is 3.27. The number of aromatic nitrogens is 2. The Morgan fingerprint density at radius 3 is 2.92 bits per heavy atom. The standard InChI is InChI=1S/C18H15Cl2N3OS/c19-13-5-3-12(10-14(13)20)4-6-17(24)21-8-7-15-18(23-11-22-15)16-2-1-9-25-16/h1-6,9-11H,7-8H2,(H,21,24)(H,22,23)/b6-4+. The number of halogens is 2. The average molecular weight is 392 g/mol. The normalized spacial score (nSPS) is 11.1. The van der Waals surface area contributed by atoms with Crippen molar-refractivity contribution in [2.45, 2.75) is 6.42 Å². The number of hydrogen-bond donors (Lipinski definition) is 2. The first kappa shape index (κ1) is 17.7. The Morgan fingerprint density at radius 2 is 2.16 bits per heavy atom. The number of amides is 1. The molecule has 1 aromatic carbocycles. The van der Waals surface area contributed by atoms with Crippen LogP contribution in [0.4, 0.5) is 0 Å². The Kier molecular flexibility index (Phi) is 5.91. The van der Waals surface area contributed by atoms with Crippen LogP contribution in [0.25, 0.3) is 16.6 Å². The number of rotatable bonds is 6. The molecule has 2 N–H and O–H groups in total. The molecule has 0 atom stereocenters. The van der Waals surface area contributed by atoms with E-state index in [-0.39, 0.29) is 5.91 Å². The molecule has 0 unspecified atom stereocenters. The molecule has 7 heteroatoms. The lowest BCUT2D eigenvalue weighted by Gasteiger charge is -2.03. The first-order valence-corrected chi connectivity index (χ1v) is 9.24. The van der Waals surface area contributed by atoms with E-state index in [4.69, 9.17) is 23.2 Å². The third-order valence-electron chi connectivity index (χ3n) is 3.52.